The van der Waals surface area contributed by atoms with Crippen molar-refractivity contribution in [1.82, 2.24) is 25.3 Å². The minimum atomic E-state index is 0.315. The number of nitrogens with one attached hydrogen (secondary N) is 1. The van der Waals surface area contributed by atoms with E-state index in [0.29, 0.717) is 18.0 Å². The van der Waals surface area contributed by atoms with E-state index in [2.05, 4.69) is 38.3 Å². The number of piperidine rings is 1. The maximum atomic E-state index is 5.37. The van der Waals surface area contributed by atoms with Crippen LogP contribution in [0.2, 0.25) is 0 Å². The third kappa shape index (κ3) is 3.82. The molecule has 24 heavy (non-hydrogen) atoms. The van der Waals surface area contributed by atoms with Gasteiger partial charge < -0.3 is 9.84 Å². The molecule has 2 fully saturated rings. The van der Waals surface area contributed by atoms with Gasteiger partial charge in [-0.3, -0.25) is 9.88 Å². The predicted octanol–water partition coefficient (Wildman–Crippen LogP) is 2.66. The second kappa shape index (κ2) is 6.99. The van der Waals surface area contributed by atoms with Crippen LogP contribution in [0.5, 0.6) is 0 Å². The van der Waals surface area contributed by atoms with Crippen molar-refractivity contribution in [3.05, 3.63) is 41.8 Å². The lowest BCUT2D eigenvalue weighted by Gasteiger charge is -2.34. The summed E-state index contributed by atoms with van der Waals surface area (Å²) in [6.07, 6.45) is 8.56. The van der Waals surface area contributed by atoms with Gasteiger partial charge in [0.2, 0.25) is 5.89 Å². The number of hydrogen-bond donors (Lipinski definition) is 1. The molecule has 1 N–H and O–H groups in total. The van der Waals surface area contributed by atoms with Gasteiger partial charge in [-0.2, -0.15) is 4.98 Å². The molecule has 0 unspecified atom stereocenters. The first-order valence-corrected chi connectivity index (χ1v) is 8.99. The molecule has 3 heterocycles. The molecule has 2 aliphatic rings. The monoisotopic (exact) mass is 327 g/mol. The van der Waals surface area contributed by atoms with Crippen LogP contribution >= 0.6 is 0 Å². The van der Waals surface area contributed by atoms with E-state index in [1.807, 2.05) is 18.5 Å². The Morgan fingerprint density at radius 3 is 3.08 bits per heavy atom. The van der Waals surface area contributed by atoms with Gasteiger partial charge in [0.05, 0.1) is 6.54 Å². The number of hydrogen-bond acceptors (Lipinski definition) is 6. The van der Waals surface area contributed by atoms with Crippen LogP contribution in [0.3, 0.4) is 0 Å². The van der Waals surface area contributed by atoms with Crippen molar-refractivity contribution in [3.8, 4) is 0 Å². The zero-order valence-electron chi connectivity index (χ0n) is 14.2. The Morgan fingerprint density at radius 1 is 1.38 bits per heavy atom. The molecule has 1 saturated carbocycles. The van der Waals surface area contributed by atoms with E-state index in [-0.39, 0.29) is 0 Å². The van der Waals surface area contributed by atoms with Gasteiger partial charge >= 0.3 is 0 Å². The van der Waals surface area contributed by atoms with E-state index in [9.17, 15) is 0 Å². The Balaban J connectivity index is 1.31. The van der Waals surface area contributed by atoms with Gasteiger partial charge in [-0.1, -0.05) is 11.2 Å². The highest BCUT2D eigenvalue weighted by atomic mass is 16.5. The average molecular weight is 327 g/mol. The molecule has 0 radical (unpaired) electrons. The summed E-state index contributed by atoms with van der Waals surface area (Å²) < 4.78 is 5.37. The van der Waals surface area contributed by atoms with Crippen LogP contribution in [0.25, 0.3) is 0 Å². The number of aromatic nitrogens is 3. The van der Waals surface area contributed by atoms with Gasteiger partial charge in [-0.15, -0.1) is 0 Å². The summed E-state index contributed by atoms with van der Waals surface area (Å²) in [5.74, 6) is 2.20. The summed E-state index contributed by atoms with van der Waals surface area (Å²) in [7, 11) is 0. The van der Waals surface area contributed by atoms with Crippen LogP contribution in [-0.2, 0) is 6.54 Å². The topological polar surface area (TPSA) is 67.1 Å². The number of nitrogens with zero attached hydrogens (tertiary/aromatic N) is 4. The summed E-state index contributed by atoms with van der Waals surface area (Å²) in [4.78, 5) is 11.2. The summed E-state index contributed by atoms with van der Waals surface area (Å²) in [6.45, 7) is 5.12. The quantitative estimate of drug-likeness (QED) is 0.880. The molecule has 2 aromatic heterocycles. The number of likely N-dealkylation sites (tertiary alicyclic amines) is 1. The molecule has 2 atom stereocenters. The molecule has 0 amide bonds. The molecule has 0 spiro atoms. The third-order valence-electron chi connectivity index (χ3n) is 4.95. The maximum Gasteiger partial charge on any atom is 0.229 e. The largest absolute Gasteiger partial charge is 0.339 e. The lowest BCUT2D eigenvalue weighted by molar-refractivity contribution is 0.172. The van der Waals surface area contributed by atoms with Crippen molar-refractivity contribution in [2.45, 2.75) is 57.2 Å². The lowest BCUT2D eigenvalue weighted by atomic mass is 10.0. The fourth-order valence-corrected chi connectivity index (χ4v) is 3.44. The first-order chi connectivity index (χ1) is 11.8. The first-order valence-electron chi connectivity index (χ1n) is 8.99. The Hall–Kier alpha value is -1.79. The molecule has 1 saturated heterocycles. The van der Waals surface area contributed by atoms with Crippen LogP contribution in [-0.4, -0.2) is 39.2 Å². The molecule has 4 rings (SSSR count). The maximum absolute atomic E-state index is 5.37. The first kappa shape index (κ1) is 15.7. The lowest BCUT2D eigenvalue weighted by Crippen LogP contribution is -2.46. The fourth-order valence-electron chi connectivity index (χ4n) is 3.44. The summed E-state index contributed by atoms with van der Waals surface area (Å²) >= 11 is 0. The van der Waals surface area contributed by atoms with E-state index in [4.69, 9.17) is 4.52 Å². The molecule has 1 aliphatic carbocycles. The van der Waals surface area contributed by atoms with Crippen LogP contribution in [0.15, 0.2) is 29.0 Å². The average Bonchev–Trinajstić information content (AvgIpc) is 3.36. The van der Waals surface area contributed by atoms with Crippen LogP contribution in [0.1, 0.15) is 61.8 Å². The minimum Gasteiger partial charge on any atom is -0.339 e. The van der Waals surface area contributed by atoms with Crippen molar-refractivity contribution >= 4 is 0 Å². The summed E-state index contributed by atoms with van der Waals surface area (Å²) in [5.41, 5.74) is 1.24. The van der Waals surface area contributed by atoms with Gasteiger partial charge in [-0.05, 0) is 50.8 Å². The molecule has 0 bridgehead atoms. The van der Waals surface area contributed by atoms with E-state index in [1.165, 1.54) is 31.2 Å². The Bertz CT molecular complexity index is 654. The molecule has 6 nitrogen and oxygen atoms in total. The van der Waals surface area contributed by atoms with Crippen LogP contribution in [0, 0.1) is 0 Å². The van der Waals surface area contributed by atoms with Crippen molar-refractivity contribution in [2.24, 2.45) is 0 Å². The zero-order chi connectivity index (χ0) is 16.4. The van der Waals surface area contributed by atoms with Crippen LogP contribution in [0.4, 0.5) is 0 Å². The highest BCUT2D eigenvalue weighted by Gasteiger charge is 2.30. The summed E-state index contributed by atoms with van der Waals surface area (Å²) in [6, 6.07) is 4.93. The molecule has 1 aliphatic heterocycles. The van der Waals surface area contributed by atoms with Crippen molar-refractivity contribution in [3.63, 3.8) is 0 Å². The van der Waals surface area contributed by atoms with Crippen molar-refractivity contribution < 1.29 is 4.52 Å². The Morgan fingerprint density at radius 2 is 2.29 bits per heavy atom. The minimum absolute atomic E-state index is 0.315. The number of rotatable bonds is 6. The van der Waals surface area contributed by atoms with E-state index in [0.717, 1.165) is 31.3 Å². The molecule has 0 aromatic carbocycles. The van der Waals surface area contributed by atoms with Gasteiger partial charge in [0.1, 0.15) is 0 Å². The van der Waals surface area contributed by atoms with Crippen LogP contribution < -0.4 is 5.32 Å². The van der Waals surface area contributed by atoms with Crippen molar-refractivity contribution in [1.29, 1.82) is 0 Å². The molecule has 6 heteroatoms. The zero-order valence-corrected chi connectivity index (χ0v) is 14.2. The van der Waals surface area contributed by atoms with Gasteiger partial charge in [0, 0.05) is 36.9 Å². The molecule has 128 valence electrons. The van der Waals surface area contributed by atoms with Gasteiger partial charge in [0.25, 0.3) is 0 Å². The second-order valence-corrected chi connectivity index (χ2v) is 7.07. The molecular formula is C18H25N5O. The summed E-state index contributed by atoms with van der Waals surface area (Å²) in [5, 5.41) is 7.89. The smallest absolute Gasteiger partial charge is 0.229 e. The third-order valence-corrected chi connectivity index (χ3v) is 4.95. The molecule has 2 aromatic rings. The van der Waals surface area contributed by atoms with E-state index in [1.54, 1.807) is 0 Å². The van der Waals surface area contributed by atoms with E-state index < -0.39 is 0 Å². The highest BCUT2D eigenvalue weighted by molar-refractivity contribution is 5.13. The fraction of sp³-hybridized carbons (Fsp3) is 0.611. The Kier molecular flexibility index (Phi) is 4.58. The van der Waals surface area contributed by atoms with Crippen molar-refractivity contribution in [2.75, 3.05) is 13.1 Å². The standard InChI is InChI=1S/C18H25N5O/c1-13(15-4-2-8-19-10-15)20-16-5-3-9-23(11-16)12-17-21-18(24-22-17)14-6-7-14/h2,4,8,10,13-14,16,20H,3,5-7,9,11-12H2,1H3/t13-,16-/m1/s1. The van der Waals surface area contributed by atoms with E-state index >= 15 is 0 Å². The number of pyridine rings is 1. The molecular weight excluding hydrogens is 302 g/mol. The van der Waals surface area contributed by atoms with Gasteiger partial charge in [-0.25, -0.2) is 0 Å². The predicted molar refractivity (Wildman–Crippen MR) is 90.4 cm³/mol. The highest BCUT2D eigenvalue weighted by Crippen LogP contribution is 2.38. The SMILES string of the molecule is C[C@@H](N[C@@H]1CCCN(Cc2noc(C3CC3)n2)C1)c1cccnc1. The normalized spacial score (nSPS) is 23.3. The second-order valence-electron chi connectivity index (χ2n) is 7.07. The van der Waals surface area contributed by atoms with Gasteiger partial charge in [0.15, 0.2) is 5.82 Å². The Labute approximate surface area is 142 Å².